The molecule has 2 atom stereocenters. The van der Waals surface area contributed by atoms with Crippen LogP contribution in [0.5, 0.6) is 0 Å². The van der Waals surface area contributed by atoms with Crippen molar-refractivity contribution >= 4 is 12.1 Å². The number of carbonyl (C=O) groups is 2. The lowest BCUT2D eigenvalue weighted by atomic mass is 9.98. The van der Waals surface area contributed by atoms with E-state index in [0.29, 0.717) is 0 Å². The van der Waals surface area contributed by atoms with Crippen LogP contribution in [-0.4, -0.2) is 31.8 Å². The van der Waals surface area contributed by atoms with Gasteiger partial charge >= 0.3 is 12.1 Å². The van der Waals surface area contributed by atoms with Crippen molar-refractivity contribution in [2.75, 3.05) is 13.7 Å². The van der Waals surface area contributed by atoms with Crippen molar-refractivity contribution in [3.05, 3.63) is 59.7 Å². The normalized spacial score (nSPS) is 16.7. The molecule has 1 amide bonds. The minimum atomic E-state index is -2.24. The van der Waals surface area contributed by atoms with E-state index >= 15 is 0 Å². The molecule has 0 aromatic heterocycles. The lowest BCUT2D eigenvalue weighted by Crippen LogP contribution is -2.42. The zero-order chi connectivity index (χ0) is 21.9. The summed E-state index contributed by atoms with van der Waals surface area (Å²) in [6.07, 6.45) is -0.863. The summed E-state index contributed by atoms with van der Waals surface area (Å²) in [6.45, 7) is -0.639. The molecule has 0 fully saturated rings. The van der Waals surface area contributed by atoms with Crippen LogP contribution >= 0.6 is 0 Å². The molecule has 3 rings (SSSR count). The van der Waals surface area contributed by atoms with E-state index in [2.05, 4.69) is 5.32 Å². The number of hydrogen-bond acceptors (Lipinski definition) is 4. The smallest absolute Gasteiger partial charge is 0.407 e. The van der Waals surface area contributed by atoms with Gasteiger partial charge in [0.2, 0.25) is 0 Å². The highest BCUT2D eigenvalue weighted by atomic mass is 16.6. The van der Waals surface area contributed by atoms with Gasteiger partial charge in [-0.05, 0) is 34.6 Å². The van der Waals surface area contributed by atoms with Gasteiger partial charge in [0.1, 0.15) is 12.6 Å². The third-order valence-electron chi connectivity index (χ3n) is 4.71. The number of carbonyl (C=O) groups excluding carboxylic acids is 2. The van der Waals surface area contributed by atoms with Crippen LogP contribution in [0.3, 0.4) is 0 Å². The topological polar surface area (TPSA) is 64.6 Å². The predicted molar refractivity (Wildman–Crippen MR) is 103 cm³/mol. The molecule has 0 saturated carbocycles. The summed E-state index contributed by atoms with van der Waals surface area (Å²) in [5, 5.41) is 2.46. The van der Waals surface area contributed by atoms with E-state index < -0.39 is 30.9 Å². The summed E-state index contributed by atoms with van der Waals surface area (Å²) < 4.78 is 32.6. The number of alkyl carbamates (subject to hydrolysis) is 1. The first-order valence-electron chi connectivity index (χ1n) is 10.4. The van der Waals surface area contributed by atoms with Gasteiger partial charge in [0.15, 0.2) is 0 Å². The number of rotatable bonds is 6. The van der Waals surface area contributed by atoms with Gasteiger partial charge in [0.25, 0.3) is 0 Å². The quantitative estimate of drug-likeness (QED) is 0.777. The SMILES string of the molecule is [2H]C([2H])([2H])C(C)CC(NC(=O)OCC1c2ccccc2-c2ccccc21)C(=O)OC. The Morgan fingerprint density at radius 2 is 1.70 bits per heavy atom. The molecule has 0 aliphatic heterocycles. The predicted octanol–water partition coefficient (Wildman–Crippen LogP) is 4.11. The molecule has 0 heterocycles. The molecule has 1 N–H and O–H groups in total. The van der Waals surface area contributed by atoms with E-state index in [0.717, 1.165) is 22.3 Å². The average molecular weight is 370 g/mol. The van der Waals surface area contributed by atoms with Gasteiger partial charge in [0, 0.05) is 10.0 Å². The number of nitrogens with one attached hydrogen (secondary N) is 1. The Balaban J connectivity index is 1.68. The molecule has 0 spiro atoms. The minimum Gasteiger partial charge on any atom is -0.467 e. The fourth-order valence-corrected chi connectivity index (χ4v) is 3.49. The molecule has 27 heavy (non-hydrogen) atoms. The zero-order valence-corrected chi connectivity index (χ0v) is 15.4. The highest BCUT2D eigenvalue weighted by Crippen LogP contribution is 2.44. The number of fused-ring (bicyclic) bond motifs is 3. The van der Waals surface area contributed by atoms with Gasteiger partial charge in [-0.2, -0.15) is 0 Å². The third kappa shape index (κ3) is 4.13. The standard InChI is InChI=1S/C22H25NO4/c1-14(2)12-20(21(24)26-3)23-22(25)27-13-19-17-10-6-4-8-15(17)16-9-5-7-11-18(16)19/h4-11,14,19-20H,12-13H2,1-3H3,(H,23,25)/i1D3. The molecule has 142 valence electrons. The monoisotopic (exact) mass is 370 g/mol. The fourth-order valence-electron chi connectivity index (χ4n) is 3.49. The Labute approximate surface area is 163 Å². The van der Waals surface area contributed by atoms with E-state index in [9.17, 15) is 9.59 Å². The molecular weight excluding hydrogens is 342 g/mol. The van der Waals surface area contributed by atoms with E-state index in [1.165, 1.54) is 14.0 Å². The molecule has 5 heteroatoms. The van der Waals surface area contributed by atoms with Crippen molar-refractivity contribution in [3.8, 4) is 11.1 Å². The maximum absolute atomic E-state index is 12.4. The molecule has 0 bridgehead atoms. The second-order valence-corrected chi connectivity index (χ2v) is 6.68. The minimum absolute atomic E-state index is 0.0760. The van der Waals surface area contributed by atoms with E-state index in [1.54, 1.807) is 0 Å². The molecular formula is C22H25NO4. The Bertz CT molecular complexity index is 883. The van der Waals surface area contributed by atoms with Crippen molar-refractivity contribution in [2.45, 2.75) is 32.2 Å². The summed E-state index contributed by atoms with van der Waals surface area (Å²) in [6, 6.07) is 14.8. The third-order valence-corrected chi connectivity index (χ3v) is 4.71. The molecule has 1 aliphatic rings. The van der Waals surface area contributed by atoms with Crippen LogP contribution < -0.4 is 5.32 Å². The van der Waals surface area contributed by atoms with Gasteiger partial charge in [-0.3, -0.25) is 0 Å². The first-order valence-corrected chi connectivity index (χ1v) is 8.91. The summed E-state index contributed by atoms with van der Waals surface area (Å²) >= 11 is 0. The van der Waals surface area contributed by atoms with Gasteiger partial charge < -0.3 is 14.8 Å². The number of esters is 1. The van der Waals surface area contributed by atoms with E-state index in [4.69, 9.17) is 13.6 Å². The van der Waals surface area contributed by atoms with Crippen LogP contribution in [0.25, 0.3) is 11.1 Å². The Hall–Kier alpha value is -2.82. The van der Waals surface area contributed by atoms with Gasteiger partial charge in [0.05, 0.1) is 7.11 Å². The molecule has 0 saturated heterocycles. The Morgan fingerprint density at radius 3 is 2.26 bits per heavy atom. The van der Waals surface area contributed by atoms with E-state index in [1.807, 2.05) is 48.5 Å². The van der Waals surface area contributed by atoms with Crippen LogP contribution in [0, 0.1) is 5.92 Å². The summed E-state index contributed by atoms with van der Waals surface area (Å²) in [5.74, 6) is -1.61. The molecule has 2 aromatic rings. The number of benzene rings is 2. The second-order valence-electron chi connectivity index (χ2n) is 6.68. The van der Waals surface area contributed by atoms with Crippen molar-refractivity contribution in [1.82, 2.24) is 5.32 Å². The molecule has 5 nitrogen and oxygen atoms in total. The van der Waals surface area contributed by atoms with Gasteiger partial charge in [-0.25, -0.2) is 9.59 Å². The van der Waals surface area contributed by atoms with Crippen molar-refractivity contribution < 1.29 is 23.2 Å². The van der Waals surface area contributed by atoms with Crippen LogP contribution in [0.2, 0.25) is 0 Å². The second kappa shape index (κ2) is 8.25. The van der Waals surface area contributed by atoms with E-state index in [-0.39, 0.29) is 18.9 Å². The first-order chi connectivity index (χ1) is 14.2. The highest BCUT2D eigenvalue weighted by Gasteiger charge is 2.30. The van der Waals surface area contributed by atoms with Crippen molar-refractivity contribution in [1.29, 1.82) is 0 Å². The largest absolute Gasteiger partial charge is 0.467 e. The summed E-state index contributed by atoms with van der Waals surface area (Å²) in [4.78, 5) is 24.4. The van der Waals surface area contributed by atoms with Gasteiger partial charge in [-0.15, -0.1) is 0 Å². The maximum atomic E-state index is 12.4. The molecule has 0 radical (unpaired) electrons. The average Bonchev–Trinajstić information content (AvgIpc) is 3.04. The first kappa shape index (κ1) is 15.3. The van der Waals surface area contributed by atoms with Crippen molar-refractivity contribution in [3.63, 3.8) is 0 Å². The van der Waals surface area contributed by atoms with Crippen molar-refractivity contribution in [2.24, 2.45) is 5.92 Å². The Kier molecular flexibility index (Phi) is 4.66. The molecule has 2 aromatic carbocycles. The highest BCUT2D eigenvalue weighted by molar-refractivity contribution is 5.82. The lowest BCUT2D eigenvalue weighted by molar-refractivity contribution is -0.143. The lowest BCUT2D eigenvalue weighted by Gasteiger charge is -2.19. The number of hydrogen-bond donors (Lipinski definition) is 1. The zero-order valence-electron chi connectivity index (χ0n) is 18.4. The molecule has 1 aliphatic carbocycles. The van der Waals surface area contributed by atoms with Crippen LogP contribution in [0.4, 0.5) is 4.79 Å². The molecule has 2 unspecified atom stereocenters. The van der Waals surface area contributed by atoms with Crippen LogP contribution in [-0.2, 0) is 14.3 Å². The Morgan fingerprint density at radius 1 is 1.11 bits per heavy atom. The number of ether oxygens (including phenoxy) is 2. The van der Waals surface area contributed by atoms with Gasteiger partial charge in [-0.1, -0.05) is 62.3 Å². The number of methoxy groups -OCH3 is 1. The summed E-state index contributed by atoms with van der Waals surface area (Å²) in [5.41, 5.74) is 4.38. The number of amides is 1. The maximum Gasteiger partial charge on any atom is 0.407 e. The van der Waals surface area contributed by atoms with Crippen LogP contribution in [0.15, 0.2) is 48.5 Å². The fraction of sp³-hybridized carbons (Fsp3) is 0.364. The van der Waals surface area contributed by atoms with Crippen LogP contribution in [0.1, 0.15) is 41.4 Å². The summed E-state index contributed by atoms with van der Waals surface area (Å²) in [7, 11) is 1.19.